The van der Waals surface area contributed by atoms with Crippen molar-refractivity contribution in [1.29, 1.82) is 5.26 Å². The Hall–Kier alpha value is -2.38. The van der Waals surface area contributed by atoms with Gasteiger partial charge in [0.1, 0.15) is 11.6 Å². The third-order valence-corrected chi connectivity index (χ3v) is 4.85. The molecule has 1 atom stereocenters. The summed E-state index contributed by atoms with van der Waals surface area (Å²) in [7, 11) is 1.46. The molecule has 0 aromatic carbocycles. The van der Waals surface area contributed by atoms with Crippen molar-refractivity contribution >= 4 is 34.2 Å². The zero-order chi connectivity index (χ0) is 16.1. The summed E-state index contributed by atoms with van der Waals surface area (Å²) in [6.07, 6.45) is 1.44. The highest BCUT2D eigenvalue weighted by Crippen LogP contribution is 2.20. The summed E-state index contributed by atoms with van der Waals surface area (Å²) in [6.45, 7) is 0. The first-order valence-electron chi connectivity index (χ1n) is 5.93. The average Bonchev–Trinajstić information content (AvgIpc) is 3.12. The van der Waals surface area contributed by atoms with Crippen LogP contribution in [0.4, 0.5) is 0 Å². The maximum atomic E-state index is 12.1. The molecule has 2 aromatic rings. The Morgan fingerprint density at radius 1 is 1.64 bits per heavy atom. The van der Waals surface area contributed by atoms with E-state index < -0.39 is 16.8 Å². The van der Waals surface area contributed by atoms with Gasteiger partial charge in [-0.05, 0) is 33.5 Å². The summed E-state index contributed by atoms with van der Waals surface area (Å²) in [5.41, 5.74) is 0.717. The molecule has 0 N–H and O–H groups in total. The molecule has 0 spiro atoms. The highest BCUT2D eigenvalue weighted by Gasteiger charge is 2.14. The molecule has 0 bridgehead atoms. The SMILES string of the molecule is COC(=O)/C(C#N)=C/c1cc(CS(=O)c2nnnn2C)cs1. The van der Waals surface area contributed by atoms with E-state index in [1.807, 2.05) is 0 Å². The van der Waals surface area contributed by atoms with Crippen LogP contribution in [0, 0.1) is 11.3 Å². The molecule has 2 rings (SSSR count). The second kappa shape index (κ2) is 7.06. The maximum absolute atomic E-state index is 12.1. The van der Waals surface area contributed by atoms with Crippen molar-refractivity contribution in [2.24, 2.45) is 7.05 Å². The number of ether oxygens (including phenoxy) is 1. The van der Waals surface area contributed by atoms with E-state index in [0.29, 0.717) is 4.88 Å². The molecular weight excluding hydrogens is 326 g/mol. The van der Waals surface area contributed by atoms with Gasteiger partial charge < -0.3 is 4.74 Å². The normalized spacial score (nSPS) is 12.7. The second-order valence-corrected chi connectivity index (χ2v) is 6.38. The molecular formula is C12H11N5O3S2. The molecule has 0 amide bonds. The molecule has 22 heavy (non-hydrogen) atoms. The van der Waals surface area contributed by atoms with Gasteiger partial charge in [0, 0.05) is 11.9 Å². The molecule has 1 unspecified atom stereocenters. The van der Waals surface area contributed by atoms with Crippen LogP contribution >= 0.6 is 11.3 Å². The number of carbonyl (C=O) groups is 1. The molecule has 2 heterocycles. The van der Waals surface area contributed by atoms with E-state index in [-0.39, 0.29) is 16.5 Å². The lowest BCUT2D eigenvalue weighted by Gasteiger charge is -1.97. The van der Waals surface area contributed by atoms with E-state index in [9.17, 15) is 9.00 Å². The lowest BCUT2D eigenvalue weighted by atomic mass is 10.2. The Bertz CT molecular complexity index is 787. The van der Waals surface area contributed by atoms with Crippen molar-refractivity contribution in [2.75, 3.05) is 7.11 Å². The number of aromatic nitrogens is 4. The van der Waals surface area contributed by atoms with Crippen molar-refractivity contribution in [1.82, 2.24) is 20.2 Å². The van der Waals surface area contributed by atoms with Crippen molar-refractivity contribution in [3.05, 3.63) is 27.5 Å². The quantitative estimate of drug-likeness (QED) is 0.447. The third kappa shape index (κ3) is 3.63. The fraction of sp³-hybridized carbons (Fsp3) is 0.250. The highest BCUT2D eigenvalue weighted by atomic mass is 32.2. The zero-order valence-electron chi connectivity index (χ0n) is 11.7. The molecule has 0 aliphatic carbocycles. The largest absolute Gasteiger partial charge is 0.465 e. The van der Waals surface area contributed by atoms with Crippen molar-refractivity contribution in [2.45, 2.75) is 10.9 Å². The summed E-state index contributed by atoms with van der Waals surface area (Å²) in [5.74, 6) is -0.440. The first-order valence-corrected chi connectivity index (χ1v) is 8.13. The van der Waals surface area contributed by atoms with Crippen molar-refractivity contribution < 1.29 is 13.7 Å². The number of nitriles is 1. The minimum absolute atomic E-state index is 0.0884. The van der Waals surface area contributed by atoms with Crippen LogP contribution in [-0.2, 0) is 33.1 Å². The number of nitrogens with zero attached hydrogens (tertiary/aromatic N) is 5. The molecule has 0 aliphatic rings. The van der Waals surface area contributed by atoms with Crippen molar-refractivity contribution in [3.63, 3.8) is 0 Å². The number of esters is 1. The Morgan fingerprint density at radius 3 is 3.00 bits per heavy atom. The summed E-state index contributed by atoms with van der Waals surface area (Å²) in [5, 5.41) is 21.8. The number of rotatable bonds is 5. The number of hydrogen-bond acceptors (Lipinski definition) is 8. The lowest BCUT2D eigenvalue weighted by molar-refractivity contribution is -0.135. The van der Waals surface area contributed by atoms with Gasteiger partial charge >= 0.3 is 5.97 Å². The average molecular weight is 337 g/mol. The van der Waals surface area contributed by atoms with E-state index in [1.54, 1.807) is 24.6 Å². The predicted molar refractivity (Wildman–Crippen MR) is 78.8 cm³/mol. The molecule has 8 nitrogen and oxygen atoms in total. The number of carbonyl (C=O) groups excluding carboxylic acids is 1. The van der Waals surface area contributed by atoms with Gasteiger partial charge in [0.05, 0.1) is 23.7 Å². The zero-order valence-corrected chi connectivity index (χ0v) is 13.3. The minimum Gasteiger partial charge on any atom is -0.465 e. The first kappa shape index (κ1) is 16.0. The van der Waals surface area contributed by atoms with Crippen LogP contribution < -0.4 is 0 Å². The Balaban J connectivity index is 2.14. The van der Waals surface area contributed by atoms with Gasteiger partial charge in [0.2, 0.25) is 5.16 Å². The van der Waals surface area contributed by atoms with Crippen LogP contribution in [0.25, 0.3) is 6.08 Å². The van der Waals surface area contributed by atoms with Crippen LogP contribution in [0.1, 0.15) is 10.4 Å². The smallest absolute Gasteiger partial charge is 0.348 e. The molecule has 0 saturated carbocycles. The van der Waals surface area contributed by atoms with E-state index in [1.165, 1.54) is 29.2 Å². The summed E-state index contributed by atoms with van der Waals surface area (Å²) in [4.78, 5) is 12.0. The number of methoxy groups -OCH3 is 1. The monoisotopic (exact) mass is 337 g/mol. The van der Waals surface area contributed by atoms with Crippen LogP contribution in [-0.4, -0.2) is 37.5 Å². The van der Waals surface area contributed by atoms with E-state index in [4.69, 9.17) is 5.26 Å². The standard InChI is InChI=1S/C12H11N5O3S2/c1-17-12(14-15-16-17)22(19)7-8-3-10(21-6-8)4-9(5-13)11(18)20-2/h3-4,6H,7H2,1-2H3/b9-4+. The van der Waals surface area contributed by atoms with Gasteiger partial charge in [0.15, 0.2) is 0 Å². The Kier molecular flexibility index (Phi) is 5.13. The molecule has 0 radical (unpaired) electrons. The molecule has 0 saturated heterocycles. The lowest BCUT2D eigenvalue weighted by Crippen LogP contribution is -2.04. The van der Waals surface area contributed by atoms with Crippen LogP contribution in [0.3, 0.4) is 0 Å². The number of thiophene rings is 1. The molecule has 0 fully saturated rings. The summed E-state index contributed by atoms with van der Waals surface area (Å²) < 4.78 is 18.0. The number of aryl methyl sites for hydroxylation is 1. The highest BCUT2D eigenvalue weighted by molar-refractivity contribution is 7.84. The summed E-state index contributed by atoms with van der Waals surface area (Å²) >= 11 is 1.34. The maximum Gasteiger partial charge on any atom is 0.348 e. The topological polar surface area (TPSA) is 111 Å². The van der Waals surface area contributed by atoms with Gasteiger partial charge in [-0.3, -0.25) is 4.21 Å². The summed E-state index contributed by atoms with van der Waals surface area (Å²) in [6, 6.07) is 3.54. The van der Waals surface area contributed by atoms with Gasteiger partial charge in [-0.2, -0.15) is 5.26 Å². The fourth-order valence-electron chi connectivity index (χ4n) is 1.56. The Morgan fingerprint density at radius 2 is 2.41 bits per heavy atom. The van der Waals surface area contributed by atoms with Gasteiger partial charge in [-0.25, -0.2) is 9.48 Å². The predicted octanol–water partition coefficient (Wildman–Crippen LogP) is 0.659. The van der Waals surface area contributed by atoms with Crippen LogP contribution in [0.5, 0.6) is 0 Å². The van der Waals surface area contributed by atoms with Crippen LogP contribution in [0.2, 0.25) is 0 Å². The Labute approximate surface area is 132 Å². The molecule has 0 aliphatic heterocycles. The third-order valence-electron chi connectivity index (χ3n) is 2.57. The molecule has 10 heteroatoms. The van der Waals surface area contributed by atoms with Crippen LogP contribution in [0.15, 0.2) is 22.2 Å². The van der Waals surface area contributed by atoms with Gasteiger partial charge in [0.25, 0.3) is 0 Å². The molecule has 114 valence electrons. The fourth-order valence-corrected chi connectivity index (χ4v) is 3.57. The van der Waals surface area contributed by atoms with E-state index in [2.05, 4.69) is 20.3 Å². The minimum atomic E-state index is -1.37. The number of tetrazole rings is 1. The second-order valence-electron chi connectivity index (χ2n) is 4.09. The van der Waals surface area contributed by atoms with E-state index >= 15 is 0 Å². The van der Waals surface area contributed by atoms with Gasteiger partial charge in [-0.1, -0.05) is 5.10 Å². The van der Waals surface area contributed by atoms with E-state index in [0.717, 1.165) is 5.56 Å². The van der Waals surface area contributed by atoms with Crippen molar-refractivity contribution in [3.8, 4) is 6.07 Å². The first-order chi connectivity index (χ1) is 10.5. The molecule has 2 aromatic heterocycles. The van der Waals surface area contributed by atoms with Gasteiger partial charge in [-0.15, -0.1) is 11.3 Å². The number of hydrogen-bond donors (Lipinski definition) is 0.